The third-order valence-corrected chi connectivity index (χ3v) is 3.41. The summed E-state index contributed by atoms with van der Waals surface area (Å²) in [5.41, 5.74) is 1.81. The van der Waals surface area contributed by atoms with Crippen molar-refractivity contribution < 1.29 is 14.3 Å². The zero-order chi connectivity index (χ0) is 13.0. The van der Waals surface area contributed by atoms with E-state index in [-0.39, 0.29) is 5.97 Å². The Morgan fingerprint density at radius 3 is 2.44 bits per heavy atom. The lowest BCUT2D eigenvalue weighted by Crippen LogP contribution is -2.38. The maximum Gasteiger partial charge on any atom is 0.337 e. The molecule has 1 unspecified atom stereocenters. The first-order valence-electron chi connectivity index (χ1n) is 6.22. The van der Waals surface area contributed by atoms with Gasteiger partial charge in [-0.1, -0.05) is 12.1 Å². The molecule has 4 nitrogen and oxygen atoms in total. The van der Waals surface area contributed by atoms with E-state index in [0.29, 0.717) is 11.6 Å². The fourth-order valence-corrected chi connectivity index (χ4v) is 2.19. The molecule has 1 atom stereocenters. The second-order valence-electron chi connectivity index (χ2n) is 4.44. The number of nitrogens with zero attached hydrogens (tertiary/aromatic N) is 1. The lowest BCUT2D eigenvalue weighted by atomic mass is 10.0. The number of ether oxygens (including phenoxy) is 2. The number of methoxy groups -OCH3 is 1. The molecule has 0 spiro atoms. The molecule has 2 rings (SSSR count). The van der Waals surface area contributed by atoms with Gasteiger partial charge in [0.25, 0.3) is 0 Å². The SMILES string of the molecule is COC(=O)c1ccc(C(C)N2CCOCC2)cc1. The number of morpholine rings is 1. The molecule has 1 aromatic rings. The Morgan fingerprint density at radius 2 is 1.89 bits per heavy atom. The van der Waals surface area contributed by atoms with Crippen molar-refractivity contribution in [2.45, 2.75) is 13.0 Å². The number of hydrogen-bond acceptors (Lipinski definition) is 4. The van der Waals surface area contributed by atoms with Crippen molar-refractivity contribution in [2.75, 3.05) is 33.4 Å². The lowest BCUT2D eigenvalue weighted by Gasteiger charge is -2.32. The Labute approximate surface area is 107 Å². The van der Waals surface area contributed by atoms with Crippen molar-refractivity contribution in [1.82, 2.24) is 4.90 Å². The highest BCUT2D eigenvalue weighted by molar-refractivity contribution is 5.89. The topological polar surface area (TPSA) is 38.8 Å². The highest BCUT2D eigenvalue weighted by atomic mass is 16.5. The molecule has 0 aromatic heterocycles. The van der Waals surface area contributed by atoms with E-state index in [1.807, 2.05) is 24.3 Å². The molecule has 4 heteroatoms. The van der Waals surface area contributed by atoms with Crippen molar-refractivity contribution in [2.24, 2.45) is 0 Å². The summed E-state index contributed by atoms with van der Waals surface area (Å²) in [6.45, 7) is 5.69. The number of carbonyl (C=O) groups excluding carboxylic acids is 1. The van der Waals surface area contributed by atoms with E-state index in [2.05, 4.69) is 16.6 Å². The van der Waals surface area contributed by atoms with Crippen LogP contribution in [-0.2, 0) is 9.47 Å². The molecule has 0 N–H and O–H groups in total. The predicted molar refractivity (Wildman–Crippen MR) is 68.6 cm³/mol. The van der Waals surface area contributed by atoms with Crippen LogP contribution in [0.15, 0.2) is 24.3 Å². The Bertz CT molecular complexity index is 396. The average molecular weight is 249 g/mol. The van der Waals surface area contributed by atoms with Gasteiger partial charge in [-0.05, 0) is 24.6 Å². The molecule has 98 valence electrons. The van der Waals surface area contributed by atoms with Gasteiger partial charge in [-0.2, -0.15) is 0 Å². The van der Waals surface area contributed by atoms with Crippen molar-refractivity contribution >= 4 is 5.97 Å². The quantitative estimate of drug-likeness (QED) is 0.767. The molecule has 0 amide bonds. The normalized spacial score (nSPS) is 18.3. The standard InChI is InChI=1S/C14H19NO3/c1-11(15-7-9-18-10-8-15)12-3-5-13(6-4-12)14(16)17-2/h3-6,11H,7-10H2,1-2H3. The molecular formula is C14H19NO3. The van der Waals surface area contributed by atoms with E-state index in [0.717, 1.165) is 26.3 Å². The van der Waals surface area contributed by atoms with E-state index in [1.54, 1.807) is 0 Å². The van der Waals surface area contributed by atoms with Crippen LogP contribution < -0.4 is 0 Å². The summed E-state index contributed by atoms with van der Waals surface area (Å²) in [5, 5.41) is 0. The largest absolute Gasteiger partial charge is 0.465 e. The summed E-state index contributed by atoms with van der Waals surface area (Å²) in [7, 11) is 1.40. The Balaban J connectivity index is 2.06. The van der Waals surface area contributed by atoms with E-state index >= 15 is 0 Å². The average Bonchev–Trinajstić information content (AvgIpc) is 2.47. The number of benzene rings is 1. The second-order valence-corrected chi connectivity index (χ2v) is 4.44. The molecule has 1 aliphatic heterocycles. The minimum atomic E-state index is -0.291. The van der Waals surface area contributed by atoms with Gasteiger partial charge >= 0.3 is 5.97 Å². The van der Waals surface area contributed by atoms with E-state index in [4.69, 9.17) is 4.74 Å². The third kappa shape index (κ3) is 2.89. The van der Waals surface area contributed by atoms with Crippen LogP contribution >= 0.6 is 0 Å². The van der Waals surface area contributed by atoms with Gasteiger partial charge in [0.15, 0.2) is 0 Å². The molecule has 0 bridgehead atoms. The molecule has 1 saturated heterocycles. The summed E-state index contributed by atoms with van der Waals surface area (Å²) >= 11 is 0. The first-order valence-corrected chi connectivity index (χ1v) is 6.22. The van der Waals surface area contributed by atoms with Crippen LogP contribution in [0.4, 0.5) is 0 Å². The predicted octanol–water partition coefficient (Wildman–Crippen LogP) is 1.87. The molecule has 0 radical (unpaired) electrons. The van der Waals surface area contributed by atoms with Gasteiger partial charge in [-0.3, -0.25) is 4.90 Å². The summed E-state index contributed by atoms with van der Waals surface area (Å²) in [4.78, 5) is 13.7. The van der Waals surface area contributed by atoms with Crippen LogP contribution in [-0.4, -0.2) is 44.3 Å². The number of carbonyl (C=O) groups is 1. The van der Waals surface area contributed by atoms with Crippen LogP contribution in [0.25, 0.3) is 0 Å². The number of rotatable bonds is 3. The van der Waals surface area contributed by atoms with E-state index < -0.39 is 0 Å². The zero-order valence-electron chi connectivity index (χ0n) is 10.9. The molecule has 1 fully saturated rings. The van der Waals surface area contributed by atoms with Crippen LogP contribution in [0.2, 0.25) is 0 Å². The summed E-state index contributed by atoms with van der Waals surface area (Å²) in [6.07, 6.45) is 0. The minimum absolute atomic E-state index is 0.291. The maximum absolute atomic E-state index is 11.3. The zero-order valence-corrected chi connectivity index (χ0v) is 10.9. The summed E-state index contributed by atoms with van der Waals surface area (Å²) in [6, 6.07) is 7.97. The van der Waals surface area contributed by atoms with Crippen molar-refractivity contribution in [3.05, 3.63) is 35.4 Å². The van der Waals surface area contributed by atoms with Gasteiger partial charge in [0.2, 0.25) is 0 Å². The Hall–Kier alpha value is -1.39. The second kappa shape index (κ2) is 5.98. The van der Waals surface area contributed by atoms with Gasteiger partial charge in [-0.25, -0.2) is 4.79 Å². The fraction of sp³-hybridized carbons (Fsp3) is 0.500. The maximum atomic E-state index is 11.3. The molecule has 0 saturated carbocycles. The minimum Gasteiger partial charge on any atom is -0.465 e. The van der Waals surface area contributed by atoms with E-state index in [9.17, 15) is 4.79 Å². The molecular weight excluding hydrogens is 230 g/mol. The Kier molecular flexibility index (Phi) is 4.33. The Morgan fingerprint density at radius 1 is 1.28 bits per heavy atom. The van der Waals surface area contributed by atoms with Crippen LogP contribution in [0.3, 0.4) is 0 Å². The van der Waals surface area contributed by atoms with Crippen molar-refractivity contribution in [3.63, 3.8) is 0 Å². The molecule has 18 heavy (non-hydrogen) atoms. The highest BCUT2D eigenvalue weighted by Gasteiger charge is 2.18. The fourth-order valence-electron chi connectivity index (χ4n) is 2.19. The highest BCUT2D eigenvalue weighted by Crippen LogP contribution is 2.21. The van der Waals surface area contributed by atoms with Crippen molar-refractivity contribution in [3.8, 4) is 0 Å². The molecule has 1 heterocycles. The van der Waals surface area contributed by atoms with Gasteiger partial charge in [0.1, 0.15) is 0 Å². The van der Waals surface area contributed by atoms with E-state index in [1.165, 1.54) is 12.7 Å². The van der Waals surface area contributed by atoms with Gasteiger partial charge < -0.3 is 9.47 Å². The third-order valence-electron chi connectivity index (χ3n) is 3.41. The van der Waals surface area contributed by atoms with Gasteiger partial charge in [0.05, 0.1) is 25.9 Å². The lowest BCUT2D eigenvalue weighted by molar-refractivity contribution is 0.0198. The van der Waals surface area contributed by atoms with Crippen molar-refractivity contribution in [1.29, 1.82) is 0 Å². The summed E-state index contributed by atoms with van der Waals surface area (Å²) in [5.74, 6) is -0.291. The number of esters is 1. The monoisotopic (exact) mass is 249 g/mol. The van der Waals surface area contributed by atoms with Crippen LogP contribution in [0.1, 0.15) is 28.9 Å². The summed E-state index contributed by atoms with van der Waals surface area (Å²) < 4.78 is 10.0. The first-order chi connectivity index (χ1) is 8.72. The van der Waals surface area contributed by atoms with Gasteiger partial charge in [0, 0.05) is 19.1 Å². The molecule has 0 aliphatic carbocycles. The van der Waals surface area contributed by atoms with Crippen LogP contribution in [0.5, 0.6) is 0 Å². The van der Waals surface area contributed by atoms with Gasteiger partial charge in [-0.15, -0.1) is 0 Å². The molecule has 1 aromatic carbocycles. The first kappa shape index (κ1) is 13.1. The van der Waals surface area contributed by atoms with Crippen LogP contribution in [0, 0.1) is 0 Å². The smallest absolute Gasteiger partial charge is 0.337 e. The molecule has 1 aliphatic rings. The number of hydrogen-bond donors (Lipinski definition) is 0.